The quantitative estimate of drug-likeness (QED) is 0.648. The molecule has 0 unspecified atom stereocenters. The molecule has 0 bridgehead atoms. The molecule has 0 aromatic carbocycles. The number of carbonyl (C=O) groups is 1. The molecular weight excluding hydrogens is 218 g/mol. The fourth-order valence-electron chi connectivity index (χ4n) is 1.33. The lowest BCUT2D eigenvalue weighted by molar-refractivity contribution is -0.118. The molecule has 1 rings (SSSR count). The van der Waals surface area contributed by atoms with Crippen LogP contribution < -0.4 is 16.4 Å². The number of rotatable bonds is 5. The van der Waals surface area contributed by atoms with Crippen molar-refractivity contribution in [2.75, 3.05) is 24.1 Å². The lowest BCUT2D eigenvalue weighted by atomic mass is 10.3. The summed E-state index contributed by atoms with van der Waals surface area (Å²) in [6, 6.07) is 0. The number of anilines is 2. The van der Waals surface area contributed by atoms with E-state index in [9.17, 15) is 4.79 Å². The number of hydrogen-bond acceptors (Lipinski definition) is 5. The normalized spacial score (nSPS) is 10.1. The van der Waals surface area contributed by atoms with Crippen molar-refractivity contribution in [3.63, 3.8) is 0 Å². The number of amides is 1. The smallest absolute Gasteiger partial charge is 0.216 e. The van der Waals surface area contributed by atoms with Crippen LogP contribution in [0.1, 0.15) is 25.2 Å². The molecule has 6 nitrogen and oxygen atoms in total. The molecule has 1 aromatic rings. The molecule has 1 aromatic heterocycles. The Labute approximate surface area is 101 Å². The summed E-state index contributed by atoms with van der Waals surface area (Å²) in [5.41, 5.74) is 6.63. The number of nitrogens with two attached hydrogens (primary N) is 1. The lowest BCUT2D eigenvalue weighted by Crippen LogP contribution is -2.26. The van der Waals surface area contributed by atoms with Crippen LogP contribution in [0, 0.1) is 6.92 Å². The van der Waals surface area contributed by atoms with Gasteiger partial charge in [-0.05, 0) is 6.92 Å². The molecule has 0 aliphatic rings. The first-order valence-corrected chi connectivity index (χ1v) is 5.65. The number of nitrogens with one attached hydrogen (secondary N) is 2. The van der Waals surface area contributed by atoms with E-state index >= 15 is 0 Å². The average molecular weight is 237 g/mol. The van der Waals surface area contributed by atoms with E-state index < -0.39 is 0 Å². The Morgan fingerprint density at radius 2 is 2.06 bits per heavy atom. The van der Waals surface area contributed by atoms with Crippen molar-refractivity contribution in [2.45, 2.75) is 27.2 Å². The van der Waals surface area contributed by atoms with Crippen molar-refractivity contribution in [3.8, 4) is 0 Å². The van der Waals surface area contributed by atoms with Gasteiger partial charge < -0.3 is 16.4 Å². The number of hydrogen-bond donors (Lipinski definition) is 3. The standard InChI is InChI=1S/C11H19N5O/c1-4-9-15-10(12)7(2)11(16-9)14-6-5-13-8(3)17/h4-6H2,1-3H3,(H,13,17)(H3,12,14,15,16). The predicted molar refractivity (Wildman–Crippen MR) is 67.7 cm³/mol. The van der Waals surface area contributed by atoms with Gasteiger partial charge in [-0.2, -0.15) is 0 Å². The average Bonchev–Trinajstić information content (AvgIpc) is 2.29. The van der Waals surface area contributed by atoms with E-state index in [0.717, 1.165) is 23.6 Å². The molecule has 94 valence electrons. The molecule has 0 aliphatic heterocycles. The zero-order valence-corrected chi connectivity index (χ0v) is 10.5. The summed E-state index contributed by atoms with van der Waals surface area (Å²) in [7, 11) is 0. The topological polar surface area (TPSA) is 92.9 Å². The fraction of sp³-hybridized carbons (Fsp3) is 0.545. The van der Waals surface area contributed by atoms with Gasteiger partial charge in [-0.15, -0.1) is 0 Å². The third-order valence-corrected chi connectivity index (χ3v) is 2.34. The molecule has 0 atom stereocenters. The van der Waals surface area contributed by atoms with Crippen LogP contribution in [0.5, 0.6) is 0 Å². The molecule has 0 spiro atoms. The van der Waals surface area contributed by atoms with Crippen LogP contribution in [0.25, 0.3) is 0 Å². The summed E-state index contributed by atoms with van der Waals surface area (Å²) >= 11 is 0. The number of nitrogens with zero attached hydrogens (tertiary/aromatic N) is 2. The monoisotopic (exact) mass is 237 g/mol. The van der Waals surface area contributed by atoms with Gasteiger partial charge in [-0.3, -0.25) is 4.79 Å². The molecular formula is C11H19N5O. The van der Waals surface area contributed by atoms with E-state index in [4.69, 9.17) is 5.73 Å². The molecule has 4 N–H and O–H groups in total. The Kier molecular flexibility index (Phi) is 4.68. The molecule has 0 fully saturated rings. The first-order chi connectivity index (χ1) is 8.04. The maximum Gasteiger partial charge on any atom is 0.216 e. The minimum absolute atomic E-state index is 0.0417. The van der Waals surface area contributed by atoms with E-state index in [2.05, 4.69) is 20.6 Å². The Balaban J connectivity index is 2.63. The fourth-order valence-corrected chi connectivity index (χ4v) is 1.33. The van der Waals surface area contributed by atoms with Crippen molar-refractivity contribution in [1.29, 1.82) is 0 Å². The van der Waals surface area contributed by atoms with E-state index in [0.29, 0.717) is 18.9 Å². The Bertz CT molecular complexity index is 405. The molecule has 0 aliphatic carbocycles. The summed E-state index contributed by atoms with van der Waals surface area (Å²) in [6.45, 7) is 6.50. The summed E-state index contributed by atoms with van der Waals surface area (Å²) in [5, 5.41) is 5.84. The van der Waals surface area contributed by atoms with Gasteiger partial charge in [0.15, 0.2) is 0 Å². The second kappa shape index (κ2) is 6.03. The lowest BCUT2D eigenvalue weighted by Gasteiger charge is -2.11. The zero-order chi connectivity index (χ0) is 12.8. The maximum atomic E-state index is 10.7. The molecule has 0 saturated carbocycles. The van der Waals surface area contributed by atoms with Gasteiger partial charge in [0.1, 0.15) is 17.5 Å². The summed E-state index contributed by atoms with van der Waals surface area (Å²) in [6.07, 6.45) is 0.741. The van der Waals surface area contributed by atoms with Gasteiger partial charge in [0.25, 0.3) is 0 Å². The first-order valence-electron chi connectivity index (χ1n) is 5.65. The number of aromatic nitrogens is 2. The summed E-state index contributed by atoms with van der Waals surface area (Å²) < 4.78 is 0. The van der Waals surface area contributed by atoms with Crippen LogP contribution in [0.3, 0.4) is 0 Å². The molecule has 17 heavy (non-hydrogen) atoms. The molecule has 1 heterocycles. The molecule has 0 saturated heterocycles. The van der Waals surface area contributed by atoms with Gasteiger partial charge in [-0.25, -0.2) is 9.97 Å². The largest absolute Gasteiger partial charge is 0.383 e. The number of carbonyl (C=O) groups excluding carboxylic acids is 1. The number of nitrogen functional groups attached to an aromatic ring is 1. The van der Waals surface area contributed by atoms with Crippen molar-refractivity contribution >= 4 is 17.5 Å². The van der Waals surface area contributed by atoms with E-state index in [1.165, 1.54) is 6.92 Å². The summed E-state index contributed by atoms with van der Waals surface area (Å²) in [5.74, 6) is 1.91. The third-order valence-electron chi connectivity index (χ3n) is 2.34. The Hall–Kier alpha value is -1.85. The summed E-state index contributed by atoms with van der Waals surface area (Å²) in [4.78, 5) is 19.2. The van der Waals surface area contributed by atoms with Crippen LogP contribution >= 0.6 is 0 Å². The molecule has 6 heteroatoms. The van der Waals surface area contributed by atoms with E-state index in [1.54, 1.807) is 0 Å². The van der Waals surface area contributed by atoms with Crippen LogP contribution in [0.2, 0.25) is 0 Å². The van der Waals surface area contributed by atoms with Gasteiger partial charge in [0.2, 0.25) is 5.91 Å². The van der Waals surface area contributed by atoms with E-state index in [1.807, 2.05) is 13.8 Å². The zero-order valence-electron chi connectivity index (χ0n) is 10.5. The van der Waals surface area contributed by atoms with Gasteiger partial charge >= 0.3 is 0 Å². The van der Waals surface area contributed by atoms with Gasteiger partial charge in [0.05, 0.1) is 0 Å². The Morgan fingerprint density at radius 1 is 1.35 bits per heavy atom. The third kappa shape index (κ3) is 3.90. The SMILES string of the molecule is CCc1nc(N)c(C)c(NCCNC(C)=O)n1. The van der Waals surface area contributed by atoms with Crippen LogP contribution in [-0.2, 0) is 11.2 Å². The van der Waals surface area contributed by atoms with Crippen molar-refractivity contribution in [2.24, 2.45) is 0 Å². The van der Waals surface area contributed by atoms with Crippen molar-refractivity contribution in [1.82, 2.24) is 15.3 Å². The van der Waals surface area contributed by atoms with Crippen molar-refractivity contribution < 1.29 is 4.79 Å². The highest BCUT2D eigenvalue weighted by Crippen LogP contribution is 2.16. The Morgan fingerprint density at radius 3 is 2.65 bits per heavy atom. The van der Waals surface area contributed by atoms with Crippen LogP contribution in [0.15, 0.2) is 0 Å². The predicted octanol–water partition coefficient (Wildman–Crippen LogP) is 0.478. The highest BCUT2D eigenvalue weighted by atomic mass is 16.1. The van der Waals surface area contributed by atoms with E-state index in [-0.39, 0.29) is 5.91 Å². The highest BCUT2D eigenvalue weighted by molar-refractivity contribution is 5.72. The minimum atomic E-state index is -0.0417. The highest BCUT2D eigenvalue weighted by Gasteiger charge is 2.06. The maximum absolute atomic E-state index is 10.7. The number of aryl methyl sites for hydroxylation is 1. The second-order valence-electron chi connectivity index (χ2n) is 3.76. The molecule has 1 amide bonds. The van der Waals surface area contributed by atoms with Gasteiger partial charge in [0, 0.05) is 32.0 Å². The van der Waals surface area contributed by atoms with Crippen LogP contribution in [0.4, 0.5) is 11.6 Å². The van der Waals surface area contributed by atoms with Crippen molar-refractivity contribution in [3.05, 3.63) is 11.4 Å². The van der Waals surface area contributed by atoms with Crippen LogP contribution in [-0.4, -0.2) is 29.0 Å². The second-order valence-corrected chi connectivity index (χ2v) is 3.76. The molecule has 0 radical (unpaired) electrons. The first kappa shape index (κ1) is 13.2. The minimum Gasteiger partial charge on any atom is -0.383 e. The van der Waals surface area contributed by atoms with Gasteiger partial charge in [-0.1, -0.05) is 6.92 Å².